The first-order valence-corrected chi connectivity index (χ1v) is 15.4. The Bertz CT molecular complexity index is 1210. The Balaban J connectivity index is 2.30. The highest BCUT2D eigenvalue weighted by Crippen LogP contribution is 2.28. The Labute approximate surface area is 237 Å². The van der Waals surface area contributed by atoms with Crippen LogP contribution >= 0.6 is 23.2 Å². The fourth-order valence-electron chi connectivity index (χ4n) is 4.17. The van der Waals surface area contributed by atoms with Gasteiger partial charge >= 0.3 is 0 Å². The highest BCUT2D eigenvalue weighted by molar-refractivity contribution is 7.92. The molecule has 0 heterocycles. The number of carbonyl (C=O) groups excluding carboxylic acids is 2. The summed E-state index contributed by atoms with van der Waals surface area (Å²) in [5.74, 6) is -0.265. The lowest BCUT2D eigenvalue weighted by Crippen LogP contribution is -2.49. The summed E-state index contributed by atoms with van der Waals surface area (Å²) >= 11 is 12.8. The van der Waals surface area contributed by atoms with Gasteiger partial charge in [0.05, 0.1) is 11.9 Å². The molecule has 2 aromatic rings. The maximum Gasteiger partial charge on any atom is 0.242 e. The number of rotatable bonds is 13. The van der Waals surface area contributed by atoms with E-state index in [0.29, 0.717) is 34.3 Å². The molecule has 1 atom stereocenters. The normalized spacial score (nSPS) is 12.3. The summed E-state index contributed by atoms with van der Waals surface area (Å²) in [6.45, 7) is 10.3. The van der Waals surface area contributed by atoms with Crippen LogP contribution in [-0.2, 0) is 26.2 Å². The molecule has 2 aromatic carbocycles. The largest absolute Gasteiger partial charge is 0.354 e. The van der Waals surface area contributed by atoms with Crippen LogP contribution in [0.4, 0.5) is 5.69 Å². The maximum absolute atomic E-state index is 13.6. The maximum atomic E-state index is 13.6. The van der Waals surface area contributed by atoms with Gasteiger partial charge in [-0.3, -0.25) is 13.9 Å². The van der Waals surface area contributed by atoms with Gasteiger partial charge in [0, 0.05) is 41.7 Å². The molecule has 38 heavy (non-hydrogen) atoms. The molecule has 2 rings (SSSR count). The molecule has 0 saturated carbocycles. The summed E-state index contributed by atoms with van der Waals surface area (Å²) < 4.78 is 26.6. The van der Waals surface area contributed by atoms with E-state index >= 15 is 0 Å². The van der Waals surface area contributed by atoms with Crippen LogP contribution in [0.5, 0.6) is 0 Å². The lowest BCUT2D eigenvalue weighted by molar-refractivity contribution is -0.141. The van der Waals surface area contributed by atoms with Gasteiger partial charge in [-0.05, 0) is 61.9 Å². The Morgan fingerprint density at radius 1 is 1.05 bits per heavy atom. The Kier molecular flexibility index (Phi) is 11.9. The number of benzene rings is 2. The zero-order chi connectivity index (χ0) is 28.6. The van der Waals surface area contributed by atoms with E-state index in [-0.39, 0.29) is 43.7 Å². The van der Waals surface area contributed by atoms with Gasteiger partial charge in [-0.25, -0.2) is 8.42 Å². The minimum atomic E-state index is -3.58. The van der Waals surface area contributed by atoms with Crippen molar-refractivity contribution in [2.24, 2.45) is 5.92 Å². The number of nitrogens with one attached hydrogen (secondary N) is 1. The first-order chi connectivity index (χ1) is 17.8. The van der Waals surface area contributed by atoms with Gasteiger partial charge in [0.25, 0.3) is 0 Å². The Morgan fingerprint density at radius 2 is 1.68 bits per heavy atom. The van der Waals surface area contributed by atoms with Crippen LogP contribution in [0.1, 0.15) is 56.7 Å². The Hall–Kier alpha value is -2.29. The number of amides is 2. The lowest BCUT2D eigenvalue weighted by atomic mass is 10.1. The van der Waals surface area contributed by atoms with Gasteiger partial charge < -0.3 is 10.2 Å². The minimum absolute atomic E-state index is 0.0485. The number of nitrogens with zero attached hydrogens (tertiary/aromatic N) is 2. The third-order valence-corrected chi connectivity index (χ3v) is 8.13. The quantitative estimate of drug-likeness (QED) is 0.326. The molecule has 1 N–H and O–H groups in total. The second-order valence-electron chi connectivity index (χ2n) is 10.0. The summed E-state index contributed by atoms with van der Waals surface area (Å²) in [7, 11) is -3.58. The standard InChI is InChI=1S/C28H39Cl2N3O4S/c1-7-25(28(35)31-17-19(2)3)32(18-22-23(29)10-8-11-24(22)30)27(34)12-9-15-33(38(6,36)37)26-16-20(4)13-14-21(26)5/h8,10-11,13-14,16,19,25H,7,9,12,15,17-18H2,1-6H3,(H,31,35)/t25-/m1/s1. The zero-order valence-corrected chi connectivity index (χ0v) is 25.4. The summed E-state index contributed by atoms with van der Waals surface area (Å²) in [5.41, 5.74) is 2.93. The van der Waals surface area contributed by atoms with E-state index in [1.807, 2.05) is 52.8 Å². The third-order valence-electron chi connectivity index (χ3n) is 6.25. The fraction of sp³-hybridized carbons (Fsp3) is 0.500. The zero-order valence-electron chi connectivity index (χ0n) is 23.1. The van der Waals surface area contributed by atoms with Crippen molar-refractivity contribution in [3.63, 3.8) is 0 Å². The highest BCUT2D eigenvalue weighted by atomic mass is 35.5. The van der Waals surface area contributed by atoms with Crippen molar-refractivity contribution < 1.29 is 18.0 Å². The van der Waals surface area contributed by atoms with Crippen LogP contribution in [0, 0.1) is 19.8 Å². The van der Waals surface area contributed by atoms with Gasteiger partial charge in [-0.1, -0.05) is 62.2 Å². The van der Waals surface area contributed by atoms with Gasteiger partial charge in [0.2, 0.25) is 21.8 Å². The molecule has 0 radical (unpaired) electrons. The van der Waals surface area contributed by atoms with Crippen LogP contribution < -0.4 is 9.62 Å². The third kappa shape index (κ3) is 8.89. The highest BCUT2D eigenvalue weighted by Gasteiger charge is 2.30. The molecule has 0 aliphatic heterocycles. The van der Waals surface area contributed by atoms with Crippen LogP contribution in [0.3, 0.4) is 0 Å². The summed E-state index contributed by atoms with van der Waals surface area (Å²) in [6, 6.07) is 10.0. The summed E-state index contributed by atoms with van der Waals surface area (Å²) in [5, 5.41) is 3.74. The molecule has 7 nitrogen and oxygen atoms in total. The topological polar surface area (TPSA) is 86.8 Å². The van der Waals surface area contributed by atoms with Crippen molar-refractivity contribution in [2.75, 3.05) is 23.7 Å². The molecule has 10 heteroatoms. The number of hydrogen-bond acceptors (Lipinski definition) is 4. The molecule has 0 aliphatic rings. The number of anilines is 1. The van der Waals surface area contributed by atoms with Crippen LogP contribution in [0.25, 0.3) is 0 Å². The van der Waals surface area contributed by atoms with E-state index in [2.05, 4.69) is 5.32 Å². The van der Waals surface area contributed by atoms with Crippen LogP contribution in [0.15, 0.2) is 36.4 Å². The van der Waals surface area contributed by atoms with Crippen molar-refractivity contribution >= 4 is 50.7 Å². The predicted molar refractivity (Wildman–Crippen MR) is 156 cm³/mol. The smallest absolute Gasteiger partial charge is 0.242 e. The van der Waals surface area contributed by atoms with E-state index in [1.165, 1.54) is 9.21 Å². The molecule has 0 aromatic heterocycles. The van der Waals surface area contributed by atoms with E-state index < -0.39 is 16.1 Å². The molecule has 0 saturated heterocycles. The van der Waals surface area contributed by atoms with E-state index in [1.54, 1.807) is 18.2 Å². The van der Waals surface area contributed by atoms with E-state index in [0.717, 1.165) is 17.4 Å². The van der Waals surface area contributed by atoms with Crippen molar-refractivity contribution in [3.8, 4) is 0 Å². The average Bonchev–Trinajstić information content (AvgIpc) is 2.83. The average molecular weight is 585 g/mol. The lowest BCUT2D eigenvalue weighted by Gasteiger charge is -2.32. The van der Waals surface area contributed by atoms with Crippen molar-refractivity contribution in [1.82, 2.24) is 10.2 Å². The number of sulfonamides is 1. The SMILES string of the molecule is CC[C@H](C(=O)NCC(C)C)N(Cc1c(Cl)cccc1Cl)C(=O)CCCN(c1cc(C)ccc1C)S(C)(=O)=O. The second-order valence-corrected chi connectivity index (χ2v) is 12.7. The van der Waals surface area contributed by atoms with E-state index in [4.69, 9.17) is 23.2 Å². The van der Waals surface area contributed by atoms with Gasteiger partial charge in [-0.2, -0.15) is 0 Å². The fourth-order valence-corrected chi connectivity index (χ4v) is 5.70. The molecule has 0 spiro atoms. The first kappa shape index (κ1) is 31.9. The molecule has 0 unspecified atom stereocenters. The molecule has 210 valence electrons. The van der Waals surface area contributed by atoms with Crippen molar-refractivity contribution in [2.45, 2.75) is 66.5 Å². The van der Waals surface area contributed by atoms with Gasteiger partial charge in [-0.15, -0.1) is 0 Å². The van der Waals surface area contributed by atoms with Crippen LogP contribution in [0.2, 0.25) is 10.0 Å². The number of halogens is 2. The predicted octanol–water partition coefficient (Wildman–Crippen LogP) is 5.74. The van der Waals surface area contributed by atoms with Crippen molar-refractivity contribution in [1.29, 1.82) is 0 Å². The molecule has 2 amide bonds. The van der Waals surface area contributed by atoms with E-state index in [9.17, 15) is 18.0 Å². The first-order valence-electron chi connectivity index (χ1n) is 12.8. The number of aryl methyl sites for hydroxylation is 2. The molecular formula is C28H39Cl2N3O4S. The number of carbonyl (C=O) groups is 2. The van der Waals surface area contributed by atoms with Gasteiger partial charge in [0.15, 0.2) is 0 Å². The van der Waals surface area contributed by atoms with Crippen molar-refractivity contribution in [3.05, 3.63) is 63.1 Å². The summed E-state index contributed by atoms with van der Waals surface area (Å²) in [4.78, 5) is 28.2. The molecule has 0 fully saturated rings. The molecule has 0 bridgehead atoms. The monoisotopic (exact) mass is 583 g/mol. The second kappa shape index (κ2) is 14.2. The molecule has 0 aliphatic carbocycles. The Morgan fingerprint density at radius 3 is 2.24 bits per heavy atom. The molecular weight excluding hydrogens is 545 g/mol. The number of hydrogen-bond donors (Lipinski definition) is 1. The van der Waals surface area contributed by atoms with Gasteiger partial charge in [0.1, 0.15) is 6.04 Å². The summed E-state index contributed by atoms with van der Waals surface area (Å²) in [6.07, 6.45) is 1.88. The van der Waals surface area contributed by atoms with Crippen LogP contribution in [-0.4, -0.2) is 50.5 Å². The minimum Gasteiger partial charge on any atom is -0.354 e.